The fourth-order valence-corrected chi connectivity index (χ4v) is 2.52. The average molecular weight is 270 g/mol. The van der Waals surface area contributed by atoms with Crippen molar-refractivity contribution in [2.75, 3.05) is 0 Å². The molecule has 1 aromatic carbocycles. The third kappa shape index (κ3) is 3.98. The van der Waals surface area contributed by atoms with E-state index >= 15 is 0 Å². The van der Waals surface area contributed by atoms with Crippen molar-refractivity contribution >= 4 is 17.5 Å². The van der Waals surface area contributed by atoms with Crippen LogP contribution in [0.2, 0.25) is 0 Å². The van der Waals surface area contributed by atoms with Crippen LogP contribution in [0, 0.1) is 5.82 Å². The number of halogens is 2. The Bertz CT molecular complexity index is 399. The van der Waals surface area contributed by atoms with Gasteiger partial charge in [0.05, 0.1) is 6.42 Å². The molecule has 0 aromatic heterocycles. The lowest BCUT2D eigenvalue weighted by Gasteiger charge is -2.25. The third-order valence-electron chi connectivity index (χ3n) is 3.30. The molecular formula is C14H17ClFNO. The van der Waals surface area contributed by atoms with Crippen LogP contribution in [0.5, 0.6) is 0 Å². The van der Waals surface area contributed by atoms with Crippen molar-refractivity contribution in [3.8, 4) is 0 Å². The summed E-state index contributed by atoms with van der Waals surface area (Å²) in [7, 11) is 0. The van der Waals surface area contributed by atoms with Crippen LogP contribution in [0.4, 0.5) is 4.39 Å². The van der Waals surface area contributed by atoms with Gasteiger partial charge in [-0.15, -0.1) is 11.6 Å². The highest BCUT2D eigenvalue weighted by Crippen LogP contribution is 2.22. The van der Waals surface area contributed by atoms with Gasteiger partial charge >= 0.3 is 0 Å². The summed E-state index contributed by atoms with van der Waals surface area (Å²) in [5.41, 5.74) is 0.833. The van der Waals surface area contributed by atoms with Crippen LogP contribution in [-0.4, -0.2) is 17.3 Å². The number of carbonyl (C=O) groups is 1. The second-order valence-electron chi connectivity index (χ2n) is 4.82. The Kier molecular flexibility index (Phi) is 4.59. The summed E-state index contributed by atoms with van der Waals surface area (Å²) >= 11 is 6.01. The highest BCUT2D eigenvalue weighted by atomic mass is 35.5. The van der Waals surface area contributed by atoms with E-state index in [9.17, 15) is 9.18 Å². The monoisotopic (exact) mass is 269 g/mol. The molecule has 0 unspecified atom stereocenters. The van der Waals surface area contributed by atoms with E-state index in [-0.39, 0.29) is 23.1 Å². The summed E-state index contributed by atoms with van der Waals surface area (Å²) in [6, 6.07) is 6.28. The molecule has 0 saturated heterocycles. The van der Waals surface area contributed by atoms with Crippen molar-refractivity contribution in [2.24, 2.45) is 0 Å². The largest absolute Gasteiger partial charge is 0.353 e. The quantitative estimate of drug-likeness (QED) is 0.840. The third-order valence-corrected chi connectivity index (χ3v) is 3.74. The summed E-state index contributed by atoms with van der Waals surface area (Å²) in [6.07, 6.45) is 4.12. The van der Waals surface area contributed by atoms with E-state index in [1.54, 1.807) is 12.1 Å². The standard InChI is InChI=1S/C14H17ClFNO/c15-11-3-7-13(8-4-11)17-14(18)9-10-1-5-12(16)6-2-10/h1-2,5-6,11,13H,3-4,7-9H2,(H,17,18). The highest BCUT2D eigenvalue weighted by Gasteiger charge is 2.20. The molecule has 0 spiro atoms. The van der Waals surface area contributed by atoms with Gasteiger partial charge in [-0.2, -0.15) is 0 Å². The van der Waals surface area contributed by atoms with Crippen LogP contribution in [0.15, 0.2) is 24.3 Å². The Morgan fingerprint density at radius 3 is 2.44 bits per heavy atom. The molecule has 1 amide bonds. The normalized spacial score (nSPS) is 23.7. The fraction of sp³-hybridized carbons (Fsp3) is 0.500. The van der Waals surface area contributed by atoms with Crippen molar-refractivity contribution in [3.05, 3.63) is 35.6 Å². The molecule has 1 aliphatic rings. The Morgan fingerprint density at radius 2 is 1.83 bits per heavy atom. The van der Waals surface area contributed by atoms with E-state index < -0.39 is 0 Å². The average Bonchev–Trinajstić information content (AvgIpc) is 2.35. The van der Waals surface area contributed by atoms with Crippen molar-refractivity contribution in [3.63, 3.8) is 0 Å². The zero-order valence-electron chi connectivity index (χ0n) is 10.2. The van der Waals surface area contributed by atoms with Gasteiger partial charge in [0.15, 0.2) is 0 Å². The van der Waals surface area contributed by atoms with Crippen LogP contribution in [-0.2, 0) is 11.2 Å². The van der Waals surface area contributed by atoms with E-state index in [1.807, 2.05) is 0 Å². The van der Waals surface area contributed by atoms with Gasteiger partial charge in [0.25, 0.3) is 0 Å². The smallest absolute Gasteiger partial charge is 0.224 e. The molecule has 98 valence electrons. The summed E-state index contributed by atoms with van der Waals surface area (Å²) < 4.78 is 12.7. The molecular weight excluding hydrogens is 253 g/mol. The molecule has 4 heteroatoms. The van der Waals surface area contributed by atoms with Gasteiger partial charge in [0.2, 0.25) is 5.91 Å². The number of alkyl halides is 1. The fourth-order valence-electron chi connectivity index (χ4n) is 2.26. The number of hydrogen-bond acceptors (Lipinski definition) is 1. The lowest BCUT2D eigenvalue weighted by Crippen LogP contribution is -2.38. The number of hydrogen-bond donors (Lipinski definition) is 1. The van der Waals surface area contributed by atoms with Crippen LogP contribution < -0.4 is 5.32 Å². The van der Waals surface area contributed by atoms with Gasteiger partial charge in [-0.05, 0) is 43.4 Å². The first-order valence-corrected chi connectivity index (χ1v) is 6.75. The summed E-state index contributed by atoms with van der Waals surface area (Å²) in [5.74, 6) is -0.278. The molecule has 2 rings (SSSR count). The van der Waals surface area contributed by atoms with Gasteiger partial charge in [0, 0.05) is 11.4 Å². The van der Waals surface area contributed by atoms with Gasteiger partial charge in [0.1, 0.15) is 5.82 Å². The topological polar surface area (TPSA) is 29.1 Å². The minimum atomic E-state index is -0.278. The molecule has 0 aliphatic heterocycles. The van der Waals surface area contributed by atoms with Crippen LogP contribution in [0.1, 0.15) is 31.2 Å². The zero-order chi connectivity index (χ0) is 13.0. The molecule has 1 fully saturated rings. The SMILES string of the molecule is O=C(Cc1ccc(F)cc1)NC1CCC(Cl)CC1. The number of carbonyl (C=O) groups excluding carboxylic acids is 1. The van der Waals surface area contributed by atoms with E-state index in [0.717, 1.165) is 31.2 Å². The summed E-state index contributed by atoms with van der Waals surface area (Å²) in [4.78, 5) is 11.8. The van der Waals surface area contributed by atoms with Crippen LogP contribution >= 0.6 is 11.6 Å². The summed E-state index contributed by atoms with van der Waals surface area (Å²) in [6.45, 7) is 0. The van der Waals surface area contributed by atoms with E-state index in [2.05, 4.69) is 5.32 Å². The number of nitrogens with one attached hydrogen (secondary N) is 1. The first kappa shape index (κ1) is 13.3. The van der Waals surface area contributed by atoms with Crippen molar-refractivity contribution < 1.29 is 9.18 Å². The molecule has 2 nitrogen and oxygen atoms in total. The summed E-state index contributed by atoms with van der Waals surface area (Å²) in [5, 5.41) is 3.27. The Morgan fingerprint density at radius 1 is 1.22 bits per heavy atom. The Balaban J connectivity index is 1.80. The second-order valence-corrected chi connectivity index (χ2v) is 5.44. The van der Waals surface area contributed by atoms with Crippen molar-refractivity contribution in [2.45, 2.75) is 43.5 Å². The van der Waals surface area contributed by atoms with E-state index in [0.29, 0.717) is 6.42 Å². The van der Waals surface area contributed by atoms with E-state index in [4.69, 9.17) is 11.6 Å². The van der Waals surface area contributed by atoms with Crippen LogP contribution in [0.25, 0.3) is 0 Å². The molecule has 18 heavy (non-hydrogen) atoms. The number of benzene rings is 1. The lowest BCUT2D eigenvalue weighted by atomic mass is 9.95. The van der Waals surface area contributed by atoms with Gasteiger partial charge in [-0.25, -0.2) is 4.39 Å². The molecule has 0 heterocycles. The molecule has 1 aliphatic carbocycles. The van der Waals surface area contributed by atoms with Crippen molar-refractivity contribution in [1.82, 2.24) is 5.32 Å². The highest BCUT2D eigenvalue weighted by molar-refractivity contribution is 6.20. The molecule has 0 bridgehead atoms. The maximum atomic E-state index is 12.7. The molecule has 1 aromatic rings. The Hall–Kier alpha value is -1.09. The minimum absolute atomic E-state index is 0.000342. The Labute approximate surface area is 112 Å². The van der Waals surface area contributed by atoms with Gasteiger partial charge in [-0.1, -0.05) is 12.1 Å². The maximum Gasteiger partial charge on any atom is 0.224 e. The predicted molar refractivity (Wildman–Crippen MR) is 70.1 cm³/mol. The van der Waals surface area contributed by atoms with Crippen molar-refractivity contribution in [1.29, 1.82) is 0 Å². The second kappa shape index (κ2) is 6.19. The first-order valence-electron chi connectivity index (χ1n) is 6.31. The molecule has 1 N–H and O–H groups in total. The van der Waals surface area contributed by atoms with Gasteiger partial charge in [-0.3, -0.25) is 4.79 Å². The minimum Gasteiger partial charge on any atom is -0.353 e. The van der Waals surface area contributed by atoms with Crippen LogP contribution in [0.3, 0.4) is 0 Å². The maximum absolute atomic E-state index is 12.7. The number of amides is 1. The van der Waals surface area contributed by atoms with E-state index in [1.165, 1.54) is 12.1 Å². The molecule has 0 atom stereocenters. The van der Waals surface area contributed by atoms with Gasteiger partial charge < -0.3 is 5.32 Å². The molecule has 0 radical (unpaired) electrons. The lowest BCUT2D eigenvalue weighted by molar-refractivity contribution is -0.121. The first-order chi connectivity index (χ1) is 8.63. The number of rotatable bonds is 3. The zero-order valence-corrected chi connectivity index (χ0v) is 10.9. The predicted octanol–water partition coefficient (Wildman–Crippen LogP) is 3.03. The molecule has 1 saturated carbocycles.